The second kappa shape index (κ2) is 10.2. The molecule has 0 saturated heterocycles. The number of hydrogen-bond acceptors (Lipinski definition) is 6. The van der Waals surface area contributed by atoms with E-state index in [0.29, 0.717) is 10.9 Å². The van der Waals surface area contributed by atoms with Crippen LogP contribution in [-0.2, 0) is 22.7 Å². The first kappa shape index (κ1) is 24.9. The predicted octanol–water partition coefficient (Wildman–Crippen LogP) is 1.69. The van der Waals surface area contributed by atoms with E-state index in [9.17, 15) is 23.6 Å². The quantitative estimate of drug-likeness (QED) is 0.392. The van der Waals surface area contributed by atoms with Crippen molar-refractivity contribution in [3.63, 3.8) is 0 Å². The van der Waals surface area contributed by atoms with Crippen LogP contribution in [0.1, 0.15) is 28.9 Å². The molecule has 0 unspecified atom stereocenters. The van der Waals surface area contributed by atoms with Crippen LogP contribution in [0.5, 0.6) is 5.75 Å². The standard InChI is InChI=1S/C23H22ClFN6O5/c24-16-3-1-2-12(20(16)25)9-28-18(32)10-30(13-4-5-13)19(33)11-31-17-8-14(36-23(27)35)6-7-15(17)21(29-31)22(26)34/h1-3,6-8,13H,4-5,9-11H2,(H2,26,34)(H2,27,35)(H,28,32). The van der Waals surface area contributed by atoms with Gasteiger partial charge >= 0.3 is 6.09 Å². The summed E-state index contributed by atoms with van der Waals surface area (Å²) in [6.45, 7) is -0.646. The number of fused-ring (bicyclic) bond motifs is 1. The number of halogens is 2. The van der Waals surface area contributed by atoms with Gasteiger partial charge in [-0.2, -0.15) is 5.10 Å². The van der Waals surface area contributed by atoms with Crippen molar-refractivity contribution < 1.29 is 28.3 Å². The summed E-state index contributed by atoms with van der Waals surface area (Å²) in [6.07, 6.45) is 0.422. The van der Waals surface area contributed by atoms with Gasteiger partial charge in [-0.05, 0) is 31.0 Å². The average molecular weight is 517 g/mol. The Morgan fingerprint density at radius 1 is 1.19 bits per heavy atom. The highest BCUT2D eigenvalue weighted by Gasteiger charge is 2.34. The summed E-state index contributed by atoms with van der Waals surface area (Å²) in [7, 11) is 0. The summed E-state index contributed by atoms with van der Waals surface area (Å²) in [4.78, 5) is 50.1. The fourth-order valence-corrected chi connectivity index (χ4v) is 3.95. The third kappa shape index (κ3) is 5.54. The number of nitrogens with two attached hydrogens (primary N) is 2. The molecule has 0 radical (unpaired) electrons. The molecular weight excluding hydrogens is 495 g/mol. The van der Waals surface area contributed by atoms with E-state index in [1.807, 2.05) is 0 Å². The molecule has 188 valence electrons. The number of nitrogens with one attached hydrogen (secondary N) is 1. The van der Waals surface area contributed by atoms with Crippen LogP contribution in [0.3, 0.4) is 0 Å². The van der Waals surface area contributed by atoms with Crippen molar-refractivity contribution in [3.05, 3.63) is 58.5 Å². The summed E-state index contributed by atoms with van der Waals surface area (Å²) < 4.78 is 20.2. The van der Waals surface area contributed by atoms with E-state index in [0.717, 1.165) is 12.8 Å². The molecule has 5 N–H and O–H groups in total. The number of carbonyl (C=O) groups excluding carboxylic acids is 4. The Bertz CT molecular complexity index is 1370. The molecular formula is C23H22ClFN6O5. The number of aromatic nitrogens is 2. The molecule has 3 aromatic rings. The van der Waals surface area contributed by atoms with Gasteiger partial charge in [0.05, 0.1) is 17.1 Å². The minimum atomic E-state index is -1.03. The SMILES string of the molecule is NC(=O)Oc1ccc2c(C(N)=O)nn(CC(=O)N(CC(=O)NCc3cccc(Cl)c3F)C3CC3)c2c1. The second-order valence-corrected chi connectivity index (χ2v) is 8.62. The van der Waals surface area contributed by atoms with Crippen LogP contribution in [0, 0.1) is 5.82 Å². The molecule has 1 fully saturated rings. The maximum absolute atomic E-state index is 14.1. The first-order valence-electron chi connectivity index (χ1n) is 10.9. The van der Waals surface area contributed by atoms with Crippen LogP contribution in [0.4, 0.5) is 9.18 Å². The van der Waals surface area contributed by atoms with Crippen molar-refractivity contribution >= 4 is 46.3 Å². The zero-order valence-electron chi connectivity index (χ0n) is 18.9. The van der Waals surface area contributed by atoms with Crippen molar-refractivity contribution in [2.75, 3.05) is 6.54 Å². The van der Waals surface area contributed by atoms with Gasteiger partial charge in [-0.25, -0.2) is 9.18 Å². The Morgan fingerprint density at radius 3 is 2.61 bits per heavy atom. The lowest BCUT2D eigenvalue weighted by Gasteiger charge is -2.22. The lowest BCUT2D eigenvalue weighted by molar-refractivity contribution is -0.137. The second-order valence-electron chi connectivity index (χ2n) is 8.21. The summed E-state index contributed by atoms with van der Waals surface area (Å²) in [5.74, 6) is -2.24. The molecule has 4 amide bonds. The number of nitrogens with zero attached hydrogens (tertiary/aromatic N) is 3. The van der Waals surface area contributed by atoms with Crippen LogP contribution in [0.25, 0.3) is 10.9 Å². The van der Waals surface area contributed by atoms with Crippen LogP contribution in [0.15, 0.2) is 36.4 Å². The number of primary amides is 2. The summed E-state index contributed by atoms with van der Waals surface area (Å²) in [5, 5.41) is 7.05. The van der Waals surface area contributed by atoms with Crippen LogP contribution in [0.2, 0.25) is 5.02 Å². The fourth-order valence-electron chi connectivity index (χ4n) is 3.75. The van der Waals surface area contributed by atoms with Gasteiger partial charge in [0, 0.05) is 29.6 Å². The lowest BCUT2D eigenvalue weighted by Crippen LogP contribution is -2.43. The molecule has 0 spiro atoms. The van der Waals surface area contributed by atoms with Gasteiger partial charge in [0.2, 0.25) is 11.8 Å². The molecule has 1 aliphatic carbocycles. The molecule has 1 aromatic heterocycles. The first-order chi connectivity index (χ1) is 17.1. The lowest BCUT2D eigenvalue weighted by atomic mass is 10.2. The third-order valence-corrected chi connectivity index (χ3v) is 5.88. The molecule has 13 heteroatoms. The van der Waals surface area contributed by atoms with Crippen molar-refractivity contribution in [2.45, 2.75) is 32.0 Å². The molecule has 0 atom stereocenters. The van der Waals surface area contributed by atoms with E-state index in [-0.39, 0.29) is 47.7 Å². The normalized spacial score (nSPS) is 12.8. The van der Waals surface area contributed by atoms with E-state index in [1.54, 1.807) is 6.07 Å². The van der Waals surface area contributed by atoms with Gasteiger partial charge in [0.25, 0.3) is 5.91 Å². The molecule has 2 aromatic carbocycles. The third-order valence-electron chi connectivity index (χ3n) is 5.59. The molecule has 1 saturated carbocycles. The van der Waals surface area contributed by atoms with Crippen molar-refractivity contribution in [1.82, 2.24) is 20.0 Å². The average Bonchev–Trinajstić information content (AvgIpc) is 3.60. The summed E-state index contributed by atoms with van der Waals surface area (Å²) in [5.41, 5.74) is 10.9. The number of ether oxygens (including phenoxy) is 1. The van der Waals surface area contributed by atoms with E-state index in [2.05, 4.69) is 10.4 Å². The highest BCUT2D eigenvalue weighted by atomic mass is 35.5. The van der Waals surface area contributed by atoms with Crippen molar-refractivity contribution in [1.29, 1.82) is 0 Å². The van der Waals surface area contributed by atoms with Gasteiger partial charge in [-0.1, -0.05) is 23.7 Å². The Balaban J connectivity index is 1.50. The topological polar surface area (TPSA) is 163 Å². The maximum atomic E-state index is 14.1. The van der Waals surface area contributed by atoms with E-state index in [1.165, 1.54) is 39.9 Å². The summed E-state index contributed by atoms with van der Waals surface area (Å²) in [6, 6.07) is 8.64. The zero-order chi connectivity index (χ0) is 26.0. The minimum absolute atomic E-state index is 0.0531. The highest BCUT2D eigenvalue weighted by Crippen LogP contribution is 2.28. The Morgan fingerprint density at radius 2 is 1.94 bits per heavy atom. The fraction of sp³-hybridized carbons (Fsp3) is 0.261. The first-order valence-corrected chi connectivity index (χ1v) is 11.3. The molecule has 11 nitrogen and oxygen atoms in total. The number of amides is 4. The Labute approximate surface area is 209 Å². The van der Waals surface area contributed by atoms with Crippen LogP contribution >= 0.6 is 11.6 Å². The minimum Gasteiger partial charge on any atom is -0.410 e. The number of hydrogen-bond donors (Lipinski definition) is 3. The molecule has 36 heavy (non-hydrogen) atoms. The molecule has 1 aliphatic rings. The van der Waals surface area contributed by atoms with Crippen molar-refractivity contribution in [2.24, 2.45) is 11.5 Å². The molecule has 0 bridgehead atoms. The van der Waals surface area contributed by atoms with Gasteiger partial charge in [-0.3, -0.25) is 19.1 Å². The van der Waals surface area contributed by atoms with Gasteiger partial charge in [-0.15, -0.1) is 0 Å². The van der Waals surface area contributed by atoms with E-state index < -0.39 is 29.6 Å². The smallest absolute Gasteiger partial charge is 0.409 e. The predicted molar refractivity (Wildman–Crippen MR) is 126 cm³/mol. The molecule has 4 rings (SSSR count). The Hall–Kier alpha value is -4.19. The van der Waals surface area contributed by atoms with Crippen molar-refractivity contribution in [3.8, 4) is 5.75 Å². The van der Waals surface area contributed by atoms with E-state index in [4.69, 9.17) is 27.8 Å². The summed E-state index contributed by atoms with van der Waals surface area (Å²) >= 11 is 5.77. The van der Waals surface area contributed by atoms with Gasteiger partial charge in [0.1, 0.15) is 18.1 Å². The van der Waals surface area contributed by atoms with E-state index >= 15 is 0 Å². The van der Waals surface area contributed by atoms with Gasteiger partial charge in [0.15, 0.2) is 5.69 Å². The molecule has 0 aliphatic heterocycles. The number of rotatable bonds is 9. The maximum Gasteiger partial charge on any atom is 0.409 e. The van der Waals surface area contributed by atoms with Crippen LogP contribution in [-0.4, -0.2) is 51.1 Å². The zero-order valence-corrected chi connectivity index (χ0v) is 19.6. The van der Waals surface area contributed by atoms with Crippen LogP contribution < -0.4 is 21.5 Å². The largest absolute Gasteiger partial charge is 0.410 e. The Kier molecular flexibility index (Phi) is 7.06. The molecule has 1 heterocycles. The number of carbonyl (C=O) groups is 4. The number of benzene rings is 2. The van der Waals surface area contributed by atoms with Gasteiger partial charge < -0.3 is 26.4 Å². The monoisotopic (exact) mass is 516 g/mol. The highest BCUT2D eigenvalue weighted by molar-refractivity contribution is 6.30.